The van der Waals surface area contributed by atoms with Gasteiger partial charge in [-0.2, -0.15) is 0 Å². The van der Waals surface area contributed by atoms with Crippen LogP contribution in [-0.4, -0.2) is 30.7 Å². The van der Waals surface area contributed by atoms with E-state index >= 15 is 0 Å². The molecule has 0 spiro atoms. The van der Waals surface area contributed by atoms with Crippen LogP contribution < -0.4 is 0 Å². The molecule has 0 aromatic carbocycles. The average Bonchev–Trinajstić information content (AvgIpc) is 2.21. The number of hydrogen-bond donors (Lipinski definition) is 1. The second-order valence-corrected chi connectivity index (χ2v) is 4.52. The maximum Gasteiger partial charge on any atom is 0.177 e. The third kappa shape index (κ3) is 5.45. The zero-order chi connectivity index (χ0) is 12.0. The molecule has 1 rings (SSSR count). The van der Waals surface area contributed by atoms with Crippen LogP contribution in [-0.2, 0) is 9.47 Å². The molecule has 16 heavy (non-hydrogen) atoms. The van der Waals surface area contributed by atoms with Crippen molar-refractivity contribution in [1.82, 2.24) is 0 Å². The Kier molecular flexibility index (Phi) is 5.74. The van der Waals surface area contributed by atoms with Gasteiger partial charge in [0.15, 0.2) is 6.29 Å². The van der Waals surface area contributed by atoms with Crippen molar-refractivity contribution < 1.29 is 14.6 Å². The summed E-state index contributed by atoms with van der Waals surface area (Å²) < 4.78 is 10.6. The SMILES string of the molecule is CC(C)=CCC/C(C)=C/C1OCC(O)CO1. The molecule has 0 aliphatic carbocycles. The Morgan fingerprint density at radius 2 is 1.88 bits per heavy atom. The Labute approximate surface area is 97.8 Å². The molecule has 3 nitrogen and oxygen atoms in total. The van der Waals surface area contributed by atoms with Crippen LogP contribution in [0.15, 0.2) is 23.3 Å². The number of allylic oxidation sites excluding steroid dienone is 3. The summed E-state index contributed by atoms with van der Waals surface area (Å²) >= 11 is 0. The van der Waals surface area contributed by atoms with Gasteiger partial charge in [-0.05, 0) is 39.7 Å². The van der Waals surface area contributed by atoms with E-state index in [1.165, 1.54) is 11.1 Å². The van der Waals surface area contributed by atoms with E-state index in [0.29, 0.717) is 13.2 Å². The molecule has 1 aliphatic rings. The van der Waals surface area contributed by atoms with Crippen molar-refractivity contribution in [2.75, 3.05) is 13.2 Å². The van der Waals surface area contributed by atoms with Gasteiger partial charge >= 0.3 is 0 Å². The maximum absolute atomic E-state index is 9.19. The maximum atomic E-state index is 9.19. The molecule has 1 heterocycles. The van der Waals surface area contributed by atoms with Crippen molar-refractivity contribution >= 4 is 0 Å². The lowest BCUT2D eigenvalue weighted by molar-refractivity contribution is -0.193. The first-order valence-electron chi connectivity index (χ1n) is 5.80. The van der Waals surface area contributed by atoms with Gasteiger partial charge in [-0.1, -0.05) is 17.2 Å². The Bertz CT molecular complexity index is 256. The van der Waals surface area contributed by atoms with Gasteiger partial charge in [0, 0.05) is 0 Å². The first-order chi connectivity index (χ1) is 7.58. The first kappa shape index (κ1) is 13.4. The van der Waals surface area contributed by atoms with Crippen LogP contribution in [0.3, 0.4) is 0 Å². The van der Waals surface area contributed by atoms with Gasteiger partial charge in [-0.25, -0.2) is 0 Å². The summed E-state index contributed by atoms with van der Waals surface area (Å²) in [6.45, 7) is 7.02. The van der Waals surface area contributed by atoms with Crippen molar-refractivity contribution in [2.24, 2.45) is 0 Å². The fraction of sp³-hybridized carbons (Fsp3) is 0.692. The lowest BCUT2D eigenvalue weighted by Crippen LogP contribution is -2.34. The van der Waals surface area contributed by atoms with Crippen LogP contribution in [0.1, 0.15) is 33.6 Å². The molecular weight excluding hydrogens is 204 g/mol. The van der Waals surface area contributed by atoms with E-state index in [0.717, 1.165) is 12.8 Å². The molecule has 0 radical (unpaired) electrons. The average molecular weight is 226 g/mol. The van der Waals surface area contributed by atoms with E-state index in [4.69, 9.17) is 9.47 Å². The quantitative estimate of drug-likeness (QED) is 0.748. The van der Waals surface area contributed by atoms with Gasteiger partial charge < -0.3 is 14.6 Å². The summed E-state index contributed by atoms with van der Waals surface area (Å²) in [5.41, 5.74) is 2.61. The first-order valence-corrected chi connectivity index (χ1v) is 5.80. The van der Waals surface area contributed by atoms with E-state index in [9.17, 15) is 5.11 Å². The van der Waals surface area contributed by atoms with Crippen LogP contribution in [0.5, 0.6) is 0 Å². The predicted molar refractivity (Wildman–Crippen MR) is 64.1 cm³/mol. The minimum atomic E-state index is -0.476. The van der Waals surface area contributed by atoms with E-state index in [-0.39, 0.29) is 6.29 Å². The summed E-state index contributed by atoms with van der Waals surface area (Å²) in [6, 6.07) is 0. The Morgan fingerprint density at radius 1 is 1.25 bits per heavy atom. The number of aliphatic hydroxyl groups excluding tert-OH is 1. The van der Waals surface area contributed by atoms with E-state index in [1.54, 1.807) is 0 Å². The molecular formula is C13H22O3. The topological polar surface area (TPSA) is 38.7 Å². The smallest absolute Gasteiger partial charge is 0.177 e. The summed E-state index contributed by atoms with van der Waals surface area (Å²) in [5, 5.41) is 9.19. The van der Waals surface area contributed by atoms with Crippen molar-refractivity contribution in [3.63, 3.8) is 0 Å². The fourth-order valence-corrected chi connectivity index (χ4v) is 1.51. The number of rotatable bonds is 4. The molecule has 1 saturated heterocycles. The van der Waals surface area contributed by atoms with Crippen LogP contribution in [0, 0.1) is 0 Å². The molecule has 0 aromatic rings. The molecule has 1 aliphatic heterocycles. The predicted octanol–water partition coefficient (Wildman–Crippen LogP) is 2.41. The second kappa shape index (κ2) is 6.84. The third-order valence-electron chi connectivity index (χ3n) is 2.42. The minimum absolute atomic E-state index is 0.282. The highest BCUT2D eigenvalue weighted by molar-refractivity contribution is 5.03. The van der Waals surface area contributed by atoms with Gasteiger partial charge in [0.05, 0.1) is 13.2 Å². The van der Waals surface area contributed by atoms with Crippen molar-refractivity contribution in [3.8, 4) is 0 Å². The molecule has 0 aromatic heterocycles. The van der Waals surface area contributed by atoms with Crippen molar-refractivity contribution in [2.45, 2.75) is 46.0 Å². The highest BCUT2D eigenvalue weighted by Gasteiger charge is 2.18. The Hall–Kier alpha value is -0.640. The number of hydrogen-bond acceptors (Lipinski definition) is 3. The fourth-order valence-electron chi connectivity index (χ4n) is 1.51. The standard InChI is InChI=1S/C13H22O3/c1-10(2)5-4-6-11(3)7-13-15-8-12(14)9-16-13/h5,7,12-14H,4,6,8-9H2,1-3H3/b11-7+. The normalized spacial score (nSPS) is 26.6. The van der Waals surface area contributed by atoms with Crippen molar-refractivity contribution in [1.29, 1.82) is 0 Å². The highest BCUT2D eigenvalue weighted by atomic mass is 16.7. The zero-order valence-corrected chi connectivity index (χ0v) is 10.4. The van der Waals surface area contributed by atoms with Gasteiger partial charge in [0.25, 0.3) is 0 Å². The summed E-state index contributed by atoms with van der Waals surface area (Å²) in [7, 11) is 0. The van der Waals surface area contributed by atoms with E-state index in [1.807, 2.05) is 6.08 Å². The monoisotopic (exact) mass is 226 g/mol. The van der Waals surface area contributed by atoms with Crippen LogP contribution in [0.4, 0.5) is 0 Å². The number of aliphatic hydroxyl groups is 1. The van der Waals surface area contributed by atoms with E-state index in [2.05, 4.69) is 26.8 Å². The molecule has 0 amide bonds. The Morgan fingerprint density at radius 3 is 2.44 bits per heavy atom. The van der Waals surface area contributed by atoms with Gasteiger partial charge in [-0.3, -0.25) is 0 Å². The molecule has 0 atom stereocenters. The summed E-state index contributed by atoms with van der Waals surface area (Å²) in [4.78, 5) is 0. The molecule has 3 heteroatoms. The van der Waals surface area contributed by atoms with Crippen molar-refractivity contribution in [3.05, 3.63) is 23.3 Å². The molecule has 92 valence electrons. The van der Waals surface area contributed by atoms with E-state index < -0.39 is 6.10 Å². The van der Waals surface area contributed by atoms with Gasteiger partial charge in [0.1, 0.15) is 6.10 Å². The summed E-state index contributed by atoms with van der Waals surface area (Å²) in [5.74, 6) is 0. The van der Waals surface area contributed by atoms with Gasteiger partial charge in [0.2, 0.25) is 0 Å². The van der Waals surface area contributed by atoms with Gasteiger partial charge in [-0.15, -0.1) is 0 Å². The largest absolute Gasteiger partial charge is 0.388 e. The second-order valence-electron chi connectivity index (χ2n) is 4.52. The Balaban J connectivity index is 2.29. The molecule has 1 N–H and O–H groups in total. The summed E-state index contributed by atoms with van der Waals surface area (Å²) in [6.07, 6.45) is 5.54. The number of ether oxygens (including phenoxy) is 2. The third-order valence-corrected chi connectivity index (χ3v) is 2.42. The van der Waals surface area contributed by atoms with Crippen LogP contribution in [0.2, 0.25) is 0 Å². The molecule has 0 unspecified atom stereocenters. The van der Waals surface area contributed by atoms with Crippen LogP contribution >= 0.6 is 0 Å². The lowest BCUT2D eigenvalue weighted by Gasteiger charge is -2.24. The lowest BCUT2D eigenvalue weighted by atomic mass is 10.1. The molecule has 0 saturated carbocycles. The molecule has 0 bridgehead atoms. The molecule has 1 fully saturated rings. The minimum Gasteiger partial charge on any atom is -0.388 e. The zero-order valence-electron chi connectivity index (χ0n) is 10.4. The van der Waals surface area contributed by atoms with Crippen LogP contribution in [0.25, 0.3) is 0 Å². The highest BCUT2D eigenvalue weighted by Crippen LogP contribution is 2.12.